The summed E-state index contributed by atoms with van der Waals surface area (Å²) in [4.78, 5) is 0. The molecule has 0 bridgehead atoms. The van der Waals surface area contributed by atoms with Crippen LogP contribution in [0.2, 0.25) is 0 Å². The SMILES string of the molecule is CSCC(C)CNC(C)C1CCCCC1. The molecule has 1 nitrogen and oxygen atoms in total. The van der Waals surface area contributed by atoms with Crippen molar-refractivity contribution in [2.24, 2.45) is 11.8 Å². The van der Waals surface area contributed by atoms with Gasteiger partial charge in [0.25, 0.3) is 0 Å². The molecule has 1 N–H and O–H groups in total. The molecule has 0 heterocycles. The Bertz CT molecular complexity index is 155. The first-order chi connectivity index (χ1) is 7.24. The van der Waals surface area contributed by atoms with Crippen LogP contribution in [0.5, 0.6) is 0 Å². The maximum Gasteiger partial charge on any atom is 0.00671 e. The third-order valence-electron chi connectivity index (χ3n) is 3.60. The van der Waals surface area contributed by atoms with Crippen molar-refractivity contribution in [1.29, 1.82) is 0 Å². The molecule has 90 valence electrons. The summed E-state index contributed by atoms with van der Waals surface area (Å²) in [6.45, 7) is 5.91. The Morgan fingerprint density at radius 3 is 2.47 bits per heavy atom. The number of rotatable bonds is 6. The molecule has 0 aromatic carbocycles. The first kappa shape index (κ1) is 13.4. The highest BCUT2D eigenvalue weighted by molar-refractivity contribution is 7.98. The summed E-state index contributed by atoms with van der Waals surface area (Å²) < 4.78 is 0. The van der Waals surface area contributed by atoms with Gasteiger partial charge in [0.2, 0.25) is 0 Å². The minimum Gasteiger partial charge on any atom is -0.314 e. The molecule has 2 heteroatoms. The highest BCUT2D eigenvalue weighted by Crippen LogP contribution is 2.26. The lowest BCUT2D eigenvalue weighted by Gasteiger charge is -2.29. The third kappa shape index (κ3) is 5.26. The molecule has 0 aromatic heterocycles. The van der Waals surface area contributed by atoms with Crippen LogP contribution in [0.3, 0.4) is 0 Å². The van der Waals surface area contributed by atoms with Gasteiger partial charge in [-0.3, -0.25) is 0 Å². The molecule has 0 radical (unpaired) electrons. The van der Waals surface area contributed by atoms with Crippen molar-refractivity contribution in [1.82, 2.24) is 5.32 Å². The van der Waals surface area contributed by atoms with Gasteiger partial charge < -0.3 is 5.32 Å². The van der Waals surface area contributed by atoms with E-state index in [9.17, 15) is 0 Å². The minimum absolute atomic E-state index is 0.731. The van der Waals surface area contributed by atoms with Gasteiger partial charge in [-0.2, -0.15) is 11.8 Å². The molecule has 2 atom stereocenters. The largest absolute Gasteiger partial charge is 0.314 e. The van der Waals surface area contributed by atoms with Crippen molar-refractivity contribution in [3.05, 3.63) is 0 Å². The normalized spacial score (nSPS) is 22.6. The lowest BCUT2D eigenvalue weighted by atomic mass is 9.84. The second kappa shape index (κ2) is 7.56. The van der Waals surface area contributed by atoms with Gasteiger partial charge in [-0.25, -0.2) is 0 Å². The van der Waals surface area contributed by atoms with Gasteiger partial charge in [0.1, 0.15) is 0 Å². The Kier molecular flexibility index (Phi) is 6.74. The minimum atomic E-state index is 0.731. The van der Waals surface area contributed by atoms with Crippen LogP contribution in [0.15, 0.2) is 0 Å². The van der Waals surface area contributed by atoms with Gasteiger partial charge in [-0.15, -0.1) is 0 Å². The number of hydrogen-bond acceptors (Lipinski definition) is 2. The predicted molar refractivity (Wildman–Crippen MR) is 71.6 cm³/mol. The summed E-state index contributed by atoms with van der Waals surface area (Å²) in [6.07, 6.45) is 9.47. The molecular weight excluding hydrogens is 202 g/mol. The fourth-order valence-electron chi connectivity index (χ4n) is 2.53. The maximum absolute atomic E-state index is 3.72. The molecule has 1 saturated carbocycles. The average molecular weight is 229 g/mol. The van der Waals surface area contributed by atoms with Crippen LogP contribution < -0.4 is 5.32 Å². The molecule has 15 heavy (non-hydrogen) atoms. The summed E-state index contributed by atoms with van der Waals surface area (Å²) in [5.41, 5.74) is 0. The lowest BCUT2D eigenvalue weighted by molar-refractivity contribution is 0.276. The molecule has 2 unspecified atom stereocenters. The van der Waals surface area contributed by atoms with Crippen molar-refractivity contribution in [3.63, 3.8) is 0 Å². The Morgan fingerprint density at radius 1 is 1.20 bits per heavy atom. The Labute approximate surface area is 99.8 Å². The van der Waals surface area contributed by atoms with E-state index in [0.717, 1.165) is 17.9 Å². The molecule has 0 saturated heterocycles. The number of thioether (sulfide) groups is 1. The van der Waals surface area contributed by atoms with Crippen molar-refractivity contribution in [3.8, 4) is 0 Å². The van der Waals surface area contributed by atoms with Gasteiger partial charge in [0.15, 0.2) is 0 Å². The molecule has 0 spiro atoms. The van der Waals surface area contributed by atoms with Crippen molar-refractivity contribution >= 4 is 11.8 Å². The van der Waals surface area contributed by atoms with Crippen LogP contribution in [0.25, 0.3) is 0 Å². The van der Waals surface area contributed by atoms with E-state index in [0.29, 0.717) is 0 Å². The summed E-state index contributed by atoms with van der Waals surface area (Å²) in [6, 6.07) is 0.731. The van der Waals surface area contributed by atoms with Crippen LogP contribution >= 0.6 is 11.8 Å². The number of nitrogens with one attached hydrogen (secondary N) is 1. The highest BCUT2D eigenvalue weighted by Gasteiger charge is 2.19. The fraction of sp³-hybridized carbons (Fsp3) is 1.00. The maximum atomic E-state index is 3.72. The summed E-state index contributed by atoms with van der Waals surface area (Å²) in [5.74, 6) is 3.04. The van der Waals surface area contributed by atoms with Gasteiger partial charge in [-0.05, 0) is 50.2 Å². The topological polar surface area (TPSA) is 12.0 Å². The van der Waals surface area contributed by atoms with Crippen molar-refractivity contribution < 1.29 is 0 Å². The zero-order valence-corrected chi connectivity index (χ0v) is 11.4. The van der Waals surface area contributed by atoms with Gasteiger partial charge >= 0.3 is 0 Å². The van der Waals surface area contributed by atoms with Crippen LogP contribution in [-0.4, -0.2) is 24.6 Å². The average Bonchev–Trinajstić information content (AvgIpc) is 2.27. The van der Waals surface area contributed by atoms with Crippen LogP contribution in [0, 0.1) is 11.8 Å². The van der Waals surface area contributed by atoms with E-state index in [1.54, 1.807) is 0 Å². The highest BCUT2D eigenvalue weighted by atomic mass is 32.2. The molecular formula is C13H27NS. The van der Waals surface area contributed by atoms with Gasteiger partial charge in [0.05, 0.1) is 0 Å². The Morgan fingerprint density at radius 2 is 1.87 bits per heavy atom. The standard InChI is InChI=1S/C13H27NS/c1-11(10-15-3)9-14-12(2)13-7-5-4-6-8-13/h11-14H,4-10H2,1-3H3. The third-order valence-corrected chi connectivity index (χ3v) is 4.50. The summed E-state index contributed by atoms with van der Waals surface area (Å²) >= 11 is 1.96. The van der Waals surface area contributed by atoms with E-state index in [-0.39, 0.29) is 0 Å². The fourth-order valence-corrected chi connectivity index (χ4v) is 3.22. The summed E-state index contributed by atoms with van der Waals surface area (Å²) in [7, 11) is 0. The molecule has 1 aliphatic rings. The van der Waals surface area contributed by atoms with Crippen molar-refractivity contribution in [2.45, 2.75) is 52.0 Å². The Balaban J connectivity index is 2.13. The predicted octanol–water partition coefficient (Wildman–Crippen LogP) is 3.54. The molecule has 0 aliphatic heterocycles. The smallest absolute Gasteiger partial charge is 0.00671 e. The van der Waals surface area contributed by atoms with E-state index >= 15 is 0 Å². The van der Waals surface area contributed by atoms with Crippen LogP contribution in [-0.2, 0) is 0 Å². The molecule has 1 rings (SSSR count). The number of hydrogen-bond donors (Lipinski definition) is 1. The van der Waals surface area contributed by atoms with Crippen molar-refractivity contribution in [2.75, 3.05) is 18.6 Å². The second-order valence-electron chi connectivity index (χ2n) is 5.16. The zero-order valence-electron chi connectivity index (χ0n) is 10.6. The van der Waals surface area contributed by atoms with Crippen LogP contribution in [0.4, 0.5) is 0 Å². The molecule has 1 fully saturated rings. The van der Waals surface area contributed by atoms with E-state index in [1.165, 1.54) is 44.4 Å². The van der Waals surface area contributed by atoms with E-state index in [2.05, 4.69) is 25.4 Å². The molecule has 0 amide bonds. The quantitative estimate of drug-likeness (QED) is 0.747. The Hall–Kier alpha value is 0.310. The lowest BCUT2D eigenvalue weighted by Crippen LogP contribution is -2.37. The van der Waals surface area contributed by atoms with E-state index < -0.39 is 0 Å². The zero-order chi connectivity index (χ0) is 11.1. The molecule has 0 aromatic rings. The second-order valence-corrected chi connectivity index (χ2v) is 6.07. The molecule has 1 aliphatic carbocycles. The van der Waals surface area contributed by atoms with Crippen LogP contribution in [0.1, 0.15) is 46.0 Å². The first-order valence-corrected chi connectivity index (χ1v) is 7.85. The van der Waals surface area contributed by atoms with E-state index in [4.69, 9.17) is 0 Å². The van der Waals surface area contributed by atoms with Gasteiger partial charge in [-0.1, -0.05) is 26.2 Å². The van der Waals surface area contributed by atoms with E-state index in [1.807, 2.05) is 11.8 Å². The monoisotopic (exact) mass is 229 g/mol. The summed E-state index contributed by atoms with van der Waals surface area (Å²) in [5, 5.41) is 3.72. The first-order valence-electron chi connectivity index (χ1n) is 6.46. The van der Waals surface area contributed by atoms with Gasteiger partial charge in [0, 0.05) is 6.04 Å².